The van der Waals surface area contributed by atoms with Crippen molar-refractivity contribution in [2.75, 3.05) is 5.32 Å². The van der Waals surface area contributed by atoms with Crippen LogP contribution in [0.4, 0.5) is 5.95 Å². The van der Waals surface area contributed by atoms with Gasteiger partial charge in [-0.3, -0.25) is 4.79 Å². The molecule has 0 fully saturated rings. The number of benzene rings is 2. The number of nitrogens with one attached hydrogen (secondary N) is 1. The molecule has 1 aliphatic heterocycles. The minimum absolute atomic E-state index is 0.168. The lowest BCUT2D eigenvalue weighted by Crippen LogP contribution is -2.33. The molecule has 1 aromatic heterocycles. The first-order valence-corrected chi connectivity index (χ1v) is 9.44. The highest BCUT2D eigenvalue weighted by molar-refractivity contribution is 5.99. The molecule has 0 saturated carbocycles. The summed E-state index contributed by atoms with van der Waals surface area (Å²) >= 11 is 0. The van der Waals surface area contributed by atoms with Crippen LogP contribution in [-0.2, 0) is 4.79 Å². The fourth-order valence-corrected chi connectivity index (χ4v) is 4.03. The van der Waals surface area contributed by atoms with Gasteiger partial charge in [0.1, 0.15) is 23.9 Å². The number of carbonyl (C=O) groups is 1. The highest BCUT2D eigenvalue weighted by atomic mass is 16.5. The highest BCUT2D eigenvalue weighted by Gasteiger charge is 2.37. The molecule has 2 heterocycles. The van der Waals surface area contributed by atoms with Crippen molar-refractivity contribution < 1.29 is 9.53 Å². The summed E-state index contributed by atoms with van der Waals surface area (Å²) in [5, 5.41) is 7.70. The van der Waals surface area contributed by atoms with E-state index in [2.05, 4.69) is 22.3 Å². The van der Waals surface area contributed by atoms with Crippen LogP contribution in [0.15, 0.2) is 72.2 Å². The first-order valence-electron chi connectivity index (χ1n) is 9.44. The molecule has 0 spiro atoms. The minimum Gasteiger partial charge on any atom is -0.457 e. The molecule has 28 heavy (non-hydrogen) atoms. The number of nitrogens with zero attached hydrogens (tertiary/aromatic N) is 3. The lowest BCUT2D eigenvalue weighted by molar-refractivity contribution is -0.117. The number of ketones is 1. The van der Waals surface area contributed by atoms with Gasteiger partial charge in [-0.2, -0.15) is 10.1 Å². The number of anilines is 1. The average Bonchev–Trinajstić information content (AvgIpc) is 3.15. The standard InChI is InChI=1S/C22H20N4O2/c1-14-10-18-20(19(27)11-14)21(26-22(25-18)23-13-24-26)15-6-5-9-17(12-15)28-16-7-3-2-4-8-16/h2-9,12-14,21H,10-11H2,1H3,(H,23,24,25)/t14-,21-/m1/s1. The fraction of sp³-hybridized carbons (Fsp3) is 0.227. The second-order valence-electron chi connectivity index (χ2n) is 7.37. The smallest absolute Gasteiger partial charge is 0.226 e. The molecule has 6 heteroatoms. The Kier molecular flexibility index (Phi) is 3.97. The predicted molar refractivity (Wildman–Crippen MR) is 105 cm³/mol. The van der Waals surface area contributed by atoms with Crippen molar-refractivity contribution in [3.05, 3.63) is 77.8 Å². The van der Waals surface area contributed by atoms with Crippen molar-refractivity contribution in [3.8, 4) is 11.5 Å². The molecule has 0 bridgehead atoms. The fourth-order valence-electron chi connectivity index (χ4n) is 4.03. The first-order chi connectivity index (χ1) is 13.7. The van der Waals surface area contributed by atoms with E-state index < -0.39 is 0 Å². The van der Waals surface area contributed by atoms with Crippen LogP contribution in [0.25, 0.3) is 0 Å². The van der Waals surface area contributed by atoms with Gasteiger partial charge >= 0.3 is 0 Å². The number of fused-ring (bicyclic) bond motifs is 1. The van der Waals surface area contributed by atoms with E-state index in [1.54, 1.807) is 4.68 Å². The van der Waals surface area contributed by atoms with Crippen LogP contribution in [-0.4, -0.2) is 20.5 Å². The number of rotatable bonds is 3. The molecule has 0 radical (unpaired) electrons. The maximum Gasteiger partial charge on any atom is 0.226 e. The van der Waals surface area contributed by atoms with Crippen LogP contribution in [0.3, 0.4) is 0 Å². The summed E-state index contributed by atoms with van der Waals surface area (Å²) in [5.74, 6) is 2.65. The van der Waals surface area contributed by atoms with E-state index in [4.69, 9.17) is 4.74 Å². The summed E-state index contributed by atoms with van der Waals surface area (Å²) in [5.41, 5.74) is 2.70. The van der Waals surface area contributed by atoms with Gasteiger partial charge in [-0.1, -0.05) is 37.3 Å². The summed E-state index contributed by atoms with van der Waals surface area (Å²) in [4.78, 5) is 17.3. The number of carbonyl (C=O) groups excluding carboxylic acids is 1. The van der Waals surface area contributed by atoms with Gasteiger partial charge in [-0.15, -0.1) is 0 Å². The Hall–Kier alpha value is -3.41. The summed E-state index contributed by atoms with van der Waals surface area (Å²) in [6.07, 6.45) is 2.91. The third kappa shape index (κ3) is 2.87. The number of hydrogen-bond donors (Lipinski definition) is 1. The van der Waals surface area contributed by atoms with E-state index in [0.29, 0.717) is 18.3 Å². The Morgan fingerprint density at radius 1 is 1.07 bits per heavy atom. The topological polar surface area (TPSA) is 69.0 Å². The molecular weight excluding hydrogens is 352 g/mol. The molecule has 1 aliphatic carbocycles. The van der Waals surface area contributed by atoms with Gasteiger partial charge in [0.2, 0.25) is 5.95 Å². The van der Waals surface area contributed by atoms with Crippen molar-refractivity contribution in [2.45, 2.75) is 25.8 Å². The quantitative estimate of drug-likeness (QED) is 0.741. The third-order valence-corrected chi connectivity index (χ3v) is 5.22. The van der Waals surface area contributed by atoms with Crippen LogP contribution in [0.1, 0.15) is 31.4 Å². The van der Waals surface area contributed by atoms with Crippen molar-refractivity contribution >= 4 is 11.7 Å². The van der Waals surface area contributed by atoms with Gasteiger partial charge in [-0.25, -0.2) is 4.68 Å². The summed E-state index contributed by atoms with van der Waals surface area (Å²) in [6.45, 7) is 2.10. The molecule has 0 unspecified atom stereocenters. The Balaban J connectivity index is 1.58. The van der Waals surface area contributed by atoms with Crippen LogP contribution in [0, 0.1) is 5.92 Å². The molecule has 6 nitrogen and oxygen atoms in total. The Morgan fingerprint density at radius 3 is 2.75 bits per heavy atom. The lowest BCUT2D eigenvalue weighted by atomic mass is 9.81. The van der Waals surface area contributed by atoms with Gasteiger partial charge in [0, 0.05) is 17.7 Å². The van der Waals surface area contributed by atoms with Crippen LogP contribution < -0.4 is 10.1 Å². The molecule has 2 atom stereocenters. The van der Waals surface area contributed by atoms with E-state index in [-0.39, 0.29) is 11.8 Å². The number of para-hydroxylation sites is 1. The SMILES string of the molecule is C[C@H]1CC(=O)C2=C(C1)Nc1ncnn1[C@@H]2c1cccc(Oc2ccccc2)c1. The molecular formula is C22H20N4O2. The predicted octanol–water partition coefficient (Wildman–Crippen LogP) is 4.34. The monoisotopic (exact) mass is 372 g/mol. The van der Waals surface area contributed by atoms with E-state index in [1.165, 1.54) is 6.33 Å². The van der Waals surface area contributed by atoms with Gasteiger partial charge in [0.05, 0.1) is 0 Å². The molecule has 0 amide bonds. The summed E-state index contributed by atoms with van der Waals surface area (Å²) in [6, 6.07) is 17.2. The van der Waals surface area contributed by atoms with Crippen LogP contribution in [0.2, 0.25) is 0 Å². The molecule has 140 valence electrons. The third-order valence-electron chi connectivity index (χ3n) is 5.22. The number of hydrogen-bond acceptors (Lipinski definition) is 5. The highest BCUT2D eigenvalue weighted by Crippen LogP contribution is 2.41. The van der Waals surface area contributed by atoms with Crippen molar-refractivity contribution in [1.29, 1.82) is 0 Å². The molecule has 1 N–H and O–H groups in total. The van der Waals surface area contributed by atoms with Crippen LogP contribution >= 0.6 is 0 Å². The van der Waals surface area contributed by atoms with Gasteiger partial charge < -0.3 is 10.1 Å². The number of aromatic nitrogens is 3. The van der Waals surface area contributed by atoms with E-state index >= 15 is 0 Å². The maximum atomic E-state index is 12.9. The average molecular weight is 372 g/mol. The minimum atomic E-state index is -0.298. The summed E-state index contributed by atoms with van der Waals surface area (Å²) < 4.78 is 7.78. The largest absolute Gasteiger partial charge is 0.457 e. The first kappa shape index (κ1) is 16.7. The Labute approximate surface area is 162 Å². The van der Waals surface area contributed by atoms with Crippen molar-refractivity contribution in [1.82, 2.24) is 14.8 Å². The number of allylic oxidation sites excluding steroid dienone is 2. The Morgan fingerprint density at radius 2 is 1.89 bits per heavy atom. The zero-order valence-corrected chi connectivity index (χ0v) is 15.5. The van der Waals surface area contributed by atoms with Gasteiger partial charge in [0.15, 0.2) is 5.78 Å². The number of Topliss-reactive ketones (excluding diaryl/α,β-unsaturated/α-hetero) is 1. The zero-order chi connectivity index (χ0) is 19.1. The molecule has 0 saturated heterocycles. The summed E-state index contributed by atoms with van der Waals surface area (Å²) in [7, 11) is 0. The van der Waals surface area contributed by atoms with Crippen molar-refractivity contribution in [3.63, 3.8) is 0 Å². The van der Waals surface area contributed by atoms with E-state index in [1.807, 2.05) is 54.6 Å². The van der Waals surface area contributed by atoms with Crippen LogP contribution in [0.5, 0.6) is 11.5 Å². The number of ether oxygens (including phenoxy) is 1. The van der Waals surface area contributed by atoms with Crippen molar-refractivity contribution in [2.24, 2.45) is 5.92 Å². The lowest BCUT2D eigenvalue weighted by Gasteiger charge is -2.34. The Bertz CT molecular complexity index is 1070. The second kappa shape index (κ2) is 6.64. The molecule has 2 aliphatic rings. The maximum absolute atomic E-state index is 12.9. The van der Waals surface area contributed by atoms with Gasteiger partial charge in [0.25, 0.3) is 0 Å². The second-order valence-corrected chi connectivity index (χ2v) is 7.37. The molecule has 3 aromatic rings. The molecule has 2 aromatic carbocycles. The molecule has 5 rings (SSSR count). The normalized spacial score (nSPS) is 21.0. The zero-order valence-electron chi connectivity index (χ0n) is 15.5. The van der Waals surface area contributed by atoms with E-state index in [0.717, 1.165) is 34.8 Å². The van der Waals surface area contributed by atoms with E-state index in [9.17, 15) is 4.79 Å². The van der Waals surface area contributed by atoms with Gasteiger partial charge in [-0.05, 0) is 42.2 Å².